The van der Waals surface area contributed by atoms with Crippen molar-refractivity contribution in [2.24, 2.45) is 0 Å². The van der Waals surface area contributed by atoms with Gasteiger partial charge in [0.1, 0.15) is 6.54 Å². The molecule has 8 heteroatoms. The van der Waals surface area contributed by atoms with Gasteiger partial charge in [-0.2, -0.15) is 0 Å². The first-order chi connectivity index (χ1) is 11.1. The lowest BCUT2D eigenvalue weighted by atomic mass is 10.1. The van der Waals surface area contributed by atoms with Crippen molar-refractivity contribution >= 4 is 17.9 Å². The third kappa shape index (κ3) is 7.16. The molecule has 1 aliphatic heterocycles. The summed E-state index contributed by atoms with van der Waals surface area (Å²) in [6.45, 7) is 10.6. The Morgan fingerprint density at radius 3 is 2.21 bits per heavy atom. The summed E-state index contributed by atoms with van der Waals surface area (Å²) < 4.78 is 4.86. The van der Waals surface area contributed by atoms with Crippen LogP contribution in [0.15, 0.2) is 0 Å². The van der Waals surface area contributed by atoms with E-state index in [1.807, 2.05) is 25.7 Å². The van der Waals surface area contributed by atoms with E-state index in [-0.39, 0.29) is 30.5 Å². The van der Waals surface area contributed by atoms with Crippen molar-refractivity contribution < 1.29 is 19.1 Å². The Morgan fingerprint density at radius 1 is 1.12 bits per heavy atom. The fraction of sp³-hybridized carbons (Fsp3) is 0.812. The molecule has 0 aliphatic carbocycles. The molecule has 0 aromatic rings. The Kier molecular flexibility index (Phi) is 7.47. The Bertz CT molecular complexity index is 453. The number of ether oxygens (including phenoxy) is 1. The second-order valence-electron chi connectivity index (χ2n) is 7.01. The van der Waals surface area contributed by atoms with Crippen LogP contribution in [0.25, 0.3) is 0 Å². The molecule has 24 heavy (non-hydrogen) atoms. The lowest BCUT2D eigenvalue weighted by molar-refractivity contribution is -0.134. The van der Waals surface area contributed by atoms with Crippen LogP contribution < -0.4 is 5.32 Å². The van der Waals surface area contributed by atoms with E-state index in [2.05, 4.69) is 5.32 Å². The number of amides is 3. The van der Waals surface area contributed by atoms with E-state index in [9.17, 15) is 14.4 Å². The van der Waals surface area contributed by atoms with Gasteiger partial charge in [0, 0.05) is 38.8 Å². The number of likely N-dealkylation sites (N-methyl/N-ethyl adjacent to an activating group) is 1. The van der Waals surface area contributed by atoms with Gasteiger partial charge in [-0.15, -0.1) is 0 Å². The number of nitrogens with one attached hydrogen (secondary N) is 1. The van der Waals surface area contributed by atoms with E-state index < -0.39 is 6.09 Å². The monoisotopic (exact) mass is 342 g/mol. The zero-order valence-corrected chi connectivity index (χ0v) is 15.4. The standard InChI is InChI=1S/C16H30N4O4/c1-6-24-15(23)18(5)12-14(22)20-9-7-19(8-10-20)11-13(21)17-16(2,3)4/h6-12H2,1-5H3,(H,17,21). The van der Waals surface area contributed by atoms with Gasteiger partial charge >= 0.3 is 6.09 Å². The molecule has 1 heterocycles. The molecule has 138 valence electrons. The maximum absolute atomic E-state index is 12.2. The molecule has 3 amide bonds. The number of hydrogen-bond acceptors (Lipinski definition) is 5. The van der Waals surface area contributed by atoms with Gasteiger partial charge in [-0.25, -0.2) is 4.79 Å². The van der Waals surface area contributed by atoms with E-state index in [0.29, 0.717) is 32.7 Å². The van der Waals surface area contributed by atoms with Crippen LogP contribution in [0.2, 0.25) is 0 Å². The van der Waals surface area contributed by atoms with Crippen molar-refractivity contribution in [1.82, 2.24) is 20.0 Å². The van der Waals surface area contributed by atoms with E-state index in [1.54, 1.807) is 18.9 Å². The molecular weight excluding hydrogens is 312 g/mol. The molecule has 0 aromatic carbocycles. The number of rotatable bonds is 5. The second-order valence-corrected chi connectivity index (χ2v) is 7.01. The first kappa shape index (κ1) is 20.2. The third-order valence-electron chi connectivity index (χ3n) is 3.56. The largest absolute Gasteiger partial charge is 0.450 e. The van der Waals surface area contributed by atoms with Crippen LogP contribution in [0.5, 0.6) is 0 Å². The first-order valence-electron chi connectivity index (χ1n) is 8.31. The predicted molar refractivity (Wildman–Crippen MR) is 90.6 cm³/mol. The zero-order chi connectivity index (χ0) is 18.3. The van der Waals surface area contributed by atoms with Gasteiger partial charge in [0.15, 0.2) is 0 Å². The quantitative estimate of drug-likeness (QED) is 0.768. The summed E-state index contributed by atoms with van der Waals surface area (Å²) in [6.07, 6.45) is -0.497. The van der Waals surface area contributed by atoms with E-state index >= 15 is 0 Å². The highest BCUT2D eigenvalue weighted by molar-refractivity contribution is 5.82. The van der Waals surface area contributed by atoms with Gasteiger partial charge in [-0.3, -0.25) is 14.5 Å². The fourth-order valence-electron chi connectivity index (χ4n) is 2.42. The number of carbonyl (C=O) groups excluding carboxylic acids is 3. The van der Waals surface area contributed by atoms with E-state index in [1.165, 1.54) is 4.90 Å². The molecule has 1 rings (SSSR count). The average Bonchev–Trinajstić information content (AvgIpc) is 2.46. The van der Waals surface area contributed by atoms with Gasteiger partial charge in [0.25, 0.3) is 0 Å². The molecule has 0 spiro atoms. The van der Waals surface area contributed by atoms with Gasteiger partial charge in [-0.05, 0) is 27.7 Å². The molecule has 0 atom stereocenters. The molecule has 0 saturated carbocycles. The maximum atomic E-state index is 12.2. The minimum atomic E-state index is -0.497. The first-order valence-corrected chi connectivity index (χ1v) is 8.31. The van der Waals surface area contributed by atoms with Crippen LogP contribution in [-0.4, -0.2) is 91.1 Å². The molecule has 1 N–H and O–H groups in total. The summed E-state index contributed by atoms with van der Waals surface area (Å²) in [4.78, 5) is 40.7. The van der Waals surface area contributed by atoms with Crippen LogP contribution in [0, 0.1) is 0 Å². The normalized spacial score (nSPS) is 15.8. The number of piperazine rings is 1. The van der Waals surface area contributed by atoms with Crippen molar-refractivity contribution in [3.8, 4) is 0 Å². The van der Waals surface area contributed by atoms with Gasteiger partial charge in [0.2, 0.25) is 11.8 Å². The van der Waals surface area contributed by atoms with Crippen LogP contribution in [-0.2, 0) is 14.3 Å². The zero-order valence-electron chi connectivity index (χ0n) is 15.4. The summed E-state index contributed by atoms with van der Waals surface area (Å²) in [7, 11) is 1.54. The van der Waals surface area contributed by atoms with Crippen molar-refractivity contribution in [1.29, 1.82) is 0 Å². The summed E-state index contributed by atoms with van der Waals surface area (Å²) in [5, 5.41) is 2.93. The number of nitrogens with zero attached hydrogens (tertiary/aromatic N) is 3. The highest BCUT2D eigenvalue weighted by Crippen LogP contribution is 2.04. The maximum Gasteiger partial charge on any atom is 0.409 e. The van der Waals surface area contributed by atoms with Crippen LogP contribution in [0.4, 0.5) is 4.79 Å². The summed E-state index contributed by atoms with van der Waals surface area (Å²) in [5.41, 5.74) is -0.243. The minimum Gasteiger partial charge on any atom is -0.450 e. The van der Waals surface area contributed by atoms with Gasteiger partial charge in [-0.1, -0.05) is 0 Å². The molecule has 0 radical (unpaired) electrons. The van der Waals surface area contributed by atoms with Crippen molar-refractivity contribution in [2.75, 3.05) is 52.9 Å². The topological polar surface area (TPSA) is 82.2 Å². The highest BCUT2D eigenvalue weighted by Gasteiger charge is 2.25. The van der Waals surface area contributed by atoms with Crippen molar-refractivity contribution in [3.05, 3.63) is 0 Å². The van der Waals surface area contributed by atoms with E-state index in [0.717, 1.165) is 0 Å². The number of hydrogen-bond donors (Lipinski definition) is 1. The minimum absolute atomic E-state index is 0.00332. The Balaban J connectivity index is 2.36. The molecule has 1 aliphatic rings. The second kappa shape index (κ2) is 8.86. The Morgan fingerprint density at radius 2 is 1.71 bits per heavy atom. The van der Waals surface area contributed by atoms with Crippen molar-refractivity contribution in [3.63, 3.8) is 0 Å². The highest BCUT2D eigenvalue weighted by atomic mass is 16.6. The molecule has 0 aromatic heterocycles. The smallest absolute Gasteiger partial charge is 0.409 e. The number of carbonyl (C=O) groups is 3. The lowest BCUT2D eigenvalue weighted by Crippen LogP contribution is -2.54. The van der Waals surface area contributed by atoms with Gasteiger partial charge < -0.3 is 19.9 Å². The Labute approximate surface area is 144 Å². The van der Waals surface area contributed by atoms with Gasteiger partial charge in [0.05, 0.1) is 13.2 Å². The summed E-state index contributed by atoms with van der Waals surface area (Å²) in [6, 6.07) is 0. The molecule has 1 saturated heterocycles. The average molecular weight is 342 g/mol. The van der Waals surface area contributed by atoms with Crippen molar-refractivity contribution in [2.45, 2.75) is 33.2 Å². The molecule has 0 bridgehead atoms. The summed E-state index contributed by atoms with van der Waals surface area (Å²) >= 11 is 0. The molecular formula is C16H30N4O4. The molecule has 1 fully saturated rings. The lowest BCUT2D eigenvalue weighted by Gasteiger charge is -2.35. The molecule has 0 unspecified atom stereocenters. The van der Waals surface area contributed by atoms with Crippen LogP contribution >= 0.6 is 0 Å². The fourth-order valence-corrected chi connectivity index (χ4v) is 2.42. The van der Waals surface area contributed by atoms with Crippen LogP contribution in [0.3, 0.4) is 0 Å². The third-order valence-corrected chi connectivity index (χ3v) is 3.56. The predicted octanol–water partition coefficient (Wildman–Crippen LogP) is 0.134. The Hall–Kier alpha value is -1.83. The summed E-state index contributed by atoms with van der Waals surface area (Å²) in [5.74, 6) is -0.117. The van der Waals surface area contributed by atoms with Crippen LogP contribution in [0.1, 0.15) is 27.7 Å². The van der Waals surface area contributed by atoms with E-state index in [4.69, 9.17) is 4.74 Å². The molecule has 8 nitrogen and oxygen atoms in total. The SMILES string of the molecule is CCOC(=O)N(C)CC(=O)N1CCN(CC(=O)NC(C)(C)C)CC1.